The van der Waals surface area contributed by atoms with Crippen LogP contribution in [0.15, 0.2) is 46.9 Å². The molecular weight excluding hydrogens is 291 g/mol. The van der Waals surface area contributed by atoms with Gasteiger partial charge in [-0.3, -0.25) is 0 Å². The van der Waals surface area contributed by atoms with Crippen LogP contribution in [0.2, 0.25) is 0 Å². The average molecular weight is 308 g/mol. The molecule has 0 unspecified atom stereocenters. The Bertz CT molecular complexity index is 841. The highest BCUT2D eigenvalue weighted by Gasteiger charge is 2.13. The van der Waals surface area contributed by atoms with E-state index in [1.807, 2.05) is 0 Å². The lowest BCUT2D eigenvalue weighted by Gasteiger charge is -2.16. The number of benzene rings is 2. The van der Waals surface area contributed by atoms with E-state index in [-0.39, 0.29) is 5.82 Å². The maximum atomic E-state index is 13.3. The van der Waals surface area contributed by atoms with E-state index in [1.165, 1.54) is 48.1 Å². The number of aromatic nitrogens is 2. The lowest BCUT2D eigenvalue weighted by molar-refractivity contribution is 0.517. The molecule has 0 aliphatic heterocycles. The van der Waals surface area contributed by atoms with Crippen molar-refractivity contribution < 1.29 is 8.81 Å². The molecule has 4 rings (SSSR count). The van der Waals surface area contributed by atoms with Gasteiger partial charge in [0.25, 0.3) is 0 Å². The lowest BCUT2D eigenvalue weighted by Crippen LogP contribution is -2.03. The first kappa shape index (κ1) is 14.1. The Morgan fingerprint density at radius 2 is 1.83 bits per heavy atom. The molecule has 0 spiro atoms. The van der Waals surface area contributed by atoms with Crippen LogP contribution < -0.4 is 0 Å². The summed E-state index contributed by atoms with van der Waals surface area (Å²) in [4.78, 5) is 0. The van der Waals surface area contributed by atoms with Gasteiger partial charge >= 0.3 is 0 Å². The van der Waals surface area contributed by atoms with E-state index >= 15 is 0 Å². The first-order valence-electron chi connectivity index (χ1n) is 7.97. The number of nitrogens with zero attached hydrogens (tertiary/aromatic N) is 2. The smallest absolute Gasteiger partial charge is 0.247 e. The van der Waals surface area contributed by atoms with Crippen molar-refractivity contribution in [2.75, 3.05) is 0 Å². The summed E-state index contributed by atoms with van der Waals surface area (Å²) in [5.74, 6) is 0.606. The van der Waals surface area contributed by atoms with Gasteiger partial charge in [0, 0.05) is 5.56 Å². The molecule has 1 aromatic heterocycles. The molecule has 116 valence electrons. The molecule has 3 aromatic rings. The maximum absolute atomic E-state index is 13.3. The molecule has 1 aliphatic carbocycles. The Labute approximate surface area is 134 Å². The molecule has 1 heterocycles. The Morgan fingerprint density at radius 1 is 0.957 bits per heavy atom. The van der Waals surface area contributed by atoms with Crippen molar-refractivity contribution in [2.45, 2.75) is 32.1 Å². The van der Waals surface area contributed by atoms with Crippen LogP contribution in [0, 0.1) is 5.82 Å². The zero-order valence-electron chi connectivity index (χ0n) is 12.8. The van der Waals surface area contributed by atoms with Crippen LogP contribution in [-0.2, 0) is 19.3 Å². The van der Waals surface area contributed by atoms with Gasteiger partial charge in [-0.2, -0.15) is 0 Å². The average Bonchev–Trinajstić information content (AvgIpc) is 3.03. The summed E-state index contributed by atoms with van der Waals surface area (Å²) in [6.07, 6.45) is 5.49. The molecule has 0 saturated carbocycles. The molecule has 0 amide bonds. The van der Waals surface area contributed by atoms with E-state index in [1.54, 1.807) is 12.1 Å². The number of fused-ring (bicyclic) bond motifs is 1. The molecule has 3 nitrogen and oxygen atoms in total. The van der Waals surface area contributed by atoms with E-state index in [2.05, 4.69) is 28.4 Å². The van der Waals surface area contributed by atoms with Crippen LogP contribution in [0.5, 0.6) is 0 Å². The molecule has 0 fully saturated rings. The van der Waals surface area contributed by atoms with Crippen LogP contribution in [0.3, 0.4) is 0 Å². The van der Waals surface area contributed by atoms with Gasteiger partial charge in [0.2, 0.25) is 11.8 Å². The molecule has 23 heavy (non-hydrogen) atoms. The Morgan fingerprint density at radius 3 is 2.70 bits per heavy atom. The summed E-state index contributed by atoms with van der Waals surface area (Å²) in [5, 5.41) is 8.12. The van der Waals surface area contributed by atoms with Crippen LogP contribution in [0.25, 0.3) is 11.5 Å². The maximum Gasteiger partial charge on any atom is 0.247 e. The fraction of sp³-hybridized carbons (Fsp3) is 0.263. The van der Waals surface area contributed by atoms with E-state index in [0.717, 1.165) is 6.42 Å². The summed E-state index contributed by atoms with van der Waals surface area (Å²) in [7, 11) is 0. The van der Waals surface area contributed by atoms with Gasteiger partial charge in [0.1, 0.15) is 5.82 Å². The van der Waals surface area contributed by atoms with Crippen molar-refractivity contribution in [1.82, 2.24) is 10.2 Å². The molecular formula is C19H17FN2O. The fourth-order valence-corrected chi connectivity index (χ4v) is 3.13. The monoisotopic (exact) mass is 308 g/mol. The fourth-order valence-electron chi connectivity index (χ4n) is 3.13. The van der Waals surface area contributed by atoms with Gasteiger partial charge < -0.3 is 4.42 Å². The predicted molar refractivity (Wildman–Crippen MR) is 85.6 cm³/mol. The van der Waals surface area contributed by atoms with Gasteiger partial charge in [0.05, 0.1) is 6.42 Å². The zero-order chi connectivity index (χ0) is 15.6. The van der Waals surface area contributed by atoms with Crippen molar-refractivity contribution >= 4 is 0 Å². The van der Waals surface area contributed by atoms with Gasteiger partial charge in [-0.1, -0.05) is 24.3 Å². The highest BCUT2D eigenvalue weighted by Crippen LogP contribution is 2.24. The minimum atomic E-state index is -0.308. The zero-order valence-corrected chi connectivity index (χ0v) is 12.8. The van der Waals surface area contributed by atoms with Crippen LogP contribution >= 0.6 is 0 Å². The third-order valence-corrected chi connectivity index (χ3v) is 4.31. The third kappa shape index (κ3) is 3.02. The predicted octanol–water partition coefficient (Wildman–Crippen LogP) is 4.35. The van der Waals surface area contributed by atoms with Gasteiger partial charge in [-0.25, -0.2) is 4.39 Å². The van der Waals surface area contributed by atoms with Gasteiger partial charge in [0.15, 0.2) is 0 Å². The van der Waals surface area contributed by atoms with Crippen molar-refractivity contribution in [1.29, 1.82) is 0 Å². The molecule has 4 heteroatoms. The number of aryl methyl sites for hydroxylation is 2. The van der Waals surface area contributed by atoms with Gasteiger partial charge in [-0.15, -0.1) is 10.2 Å². The first-order chi connectivity index (χ1) is 11.3. The van der Waals surface area contributed by atoms with Crippen LogP contribution in [-0.4, -0.2) is 10.2 Å². The SMILES string of the molecule is Fc1cccc(-c2nnc(Cc3ccc4c(c3)CCCC4)o2)c1. The molecule has 2 aromatic carbocycles. The number of rotatable bonds is 3. The molecule has 0 saturated heterocycles. The second-order valence-corrected chi connectivity index (χ2v) is 6.00. The minimum absolute atomic E-state index is 0.308. The highest BCUT2D eigenvalue weighted by molar-refractivity contribution is 5.52. The van der Waals surface area contributed by atoms with E-state index in [0.29, 0.717) is 23.8 Å². The summed E-state index contributed by atoms with van der Waals surface area (Å²) in [5.41, 5.74) is 4.69. The van der Waals surface area contributed by atoms with Crippen molar-refractivity contribution in [2.24, 2.45) is 0 Å². The lowest BCUT2D eigenvalue weighted by atomic mass is 9.90. The van der Waals surface area contributed by atoms with E-state index in [4.69, 9.17) is 4.42 Å². The van der Waals surface area contributed by atoms with Crippen molar-refractivity contribution in [3.8, 4) is 11.5 Å². The molecule has 0 bridgehead atoms. The second kappa shape index (κ2) is 5.95. The summed E-state index contributed by atoms with van der Waals surface area (Å²) < 4.78 is 19.0. The van der Waals surface area contributed by atoms with Crippen molar-refractivity contribution in [3.05, 3.63) is 70.9 Å². The minimum Gasteiger partial charge on any atom is -0.420 e. The Kier molecular flexibility index (Phi) is 3.66. The Balaban J connectivity index is 1.56. The summed E-state index contributed by atoms with van der Waals surface area (Å²) in [6, 6.07) is 12.8. The summed E-state index contributed by atoms with van der Waals surface area (Å²) in [6.45, 7) is 0. The second-order valence-electron chi connectivity index (χ2n) is 6.00. The highest BCUT2D eigenvalue weighted by atomic mass is 19.1. The molecule has 0 atom stereocenters. The standard InChI is InChI=1S/C19H17FN2O/c20-17-7-3-6-16(12-17)19-22-21-18(23-19)11-13-8-9-14-4-1-2-5-15(14)10-13/h3,6-10,12H,1-2,4-5,11H2. The van der Waals surface area contributed by atoms with E-state index < -0.39 is 0 Å². The topological polar surface area (TPSA) is 38.9 Å². The Hall–Kier alpha value is -2.49. The largest absolute Gasteiger partial charge is 0.420 e. The third-order valence-electron chi connectivity index (χ3n) is 4.31. The molecule has 0 radical (unpaired) electrons. The number of hydrogen-bond donors (Lipinski definition) is 0. The van der Waals surface area contributed by atoms with Crippen LogP contribution in [0.4, 0.5) is 4.39 Å². The summed E-state index contributed by atoms with van der Waals surface area (Å²) >= 11 is 0. The quantitative estimate of drug-likeness (QED) is 0.722. The number of hydrogen-bond acceptors (Lipinski definition) is 3. The first-order valence-corrected chi connectivity index (χ1v) is 7.97. The van der Waals surface area contributed by atoms with Gasteiger partial charge in [-0.05, 0) is 60.6 Å². The normalized spacial score (nSPS) is 13.8. The van der Waals surface area contributed by atoms with Crippen molar-refractivity contribution in [3.63, 3.8) is 0 Å². The molecule has 1 aliphatic rings. The van der Waals surface area contributed by atoms with Crippen LogP contribution in [0.1, 0.15) is 35.4 Å². The van der Waals surface area contributed by atoms with E-state index in [9.17, 15) is 4.39 Å². The molecule has 0 N–H and O–H groups in total. The number of halogens is 1.